The molecule has 2 heterocycles. The molecule has 1 N–H and O–H groups in total. The second-order valence-electron chi connectivity index (χ2n) is 7.62. The molecule has 4 aliphatic rings. The maximum Gasteiger partial charge on any atom is 0.244 e. The van der Waals surface area contributed by atoms with Crippen molar-refractivity contribution in [3.05, 3.63) is 0 Å². The third-order valence-corrected chi connectivity index (χ3v) is 6.29. The van der Waals surface area contributed by atoms with Gasteiger partial charge in [0, 0.05) is 12.6 Å². The number of carbonyl (C=O) groups excluding carboxylic acids is 1. The molecule has 0 aromatic rings. The number of rotatable bonds is 3. The van der Waals surface area contributed by atoms with Crippen molar-refractivity contribution in [2.75, 3.05) is 19.6 Å². The highest BCUT2D eigenvalue weighted by molar-refractivity contribution is 5.92. The molecule has 1 spiro atoms. The molecule has 21 heavy (non-hydrogen) atoms. The number of carbonyl (C=O) groups is 1. The summed E-state index contributed by atoms with van der Waals surface area (Å²) in [5.74, 6) is 1.13. The Morgan fingerprint density at radius 1 is 1.19 bits per heavy atom. The molecular formula is C17H29N3O. The molecule has 0 radical (unpaired) electrons. The van der Waals surface area contributed by atoms with Gasteiger partial charge in [0.1, 0.15) is 0 Å². The van der Waals surface area contributed by atoms with Crippen LogP contribution in [-0.2, 0) is 4.79 Å². The van der Waals surface area contributed by atoms with E-state index in [1.54, 1.807) is 0 Å². The van der Waals surface area contributed by atoms with E-state index in [1.165, 1.54) is 45.1 Å². The zero-order valence-electron chi connectivity index (χ0n) is 13.3. The van der Waals surface area contributed by atoms with Gasteiger partial charge in [0.05, 0.1) is 11.7 Å². The Kier molecular flexibility index (Phi) is 3.49. The molecule has 2 aliphatic carbocycles. The van der Waals surface area contributed by atoms with Crippen LogP contribution in [0.25, 0.3) is 0 Å². The Hall–Kier alpha value is -0.610. The first kappa shape index (κ1) is 14.0. The van der Waals surface area contributed by atoms with Crippen LogP contribution in [0.3, 0.4) is 0 Å². The van der Waals surface area contributed by atoms with E-state index < -0.39 is 0 Å². The predicted octanol–water partition coefficient (Wildman–Crippen LogP) is 1.95. The summed E-state index contributed by atoms with van der Waals surface area (Å²) in [5, 5.41) is 3.77. The van der Waals surface area contributed by atoms with Crippen molar-refractivity contribution in [1.82, 2.24) is 15.1 Å². The molecule has 2 saturated heterocycles. The summed E-state index contributed by atoms with van der Waals surface area (Å²) in [5.41, 5.74) is -0.137. The van der Waals surface area contributed by atoms with E-state index in [2.05, 4.69) is 22.0 Å². The lowest BCUT2D eigenvalue weighted by atomic mass is 9.99. The van der Waals surface area contributed by atoms with Gasteiger partial charge in [-0.1, -0.05) is 19.8 Å². The maximum absolute atomic E-state index is 13.0. The van der Waals surface area contributed by atoms with Gasteiger partial charge in [-0.25, -0.2) is 0 Å². The van der Waals surface area contributed by atoms with Gasteiger partial charge in [-0.2, -0.15) is 0 Å². The average molecular weight is 291 g/mol. The highest BCUT2D eigenvalue weighted by Crippen LogP contribution is 2.46. The minimum atomic E-state index is -0.137. The zero-order chi connectivity index (χ0) is 14.4. The fraction of sp³-hybridized carbons (Fsp3) is 0.941. The SMILES string of the molecule is CCN1CCCC(N2C(=O)C3(CC3)NC2C2CCCC2)C1. The van der Waals surface area contributed by atoms with Gasteiger partial charge in [0.15, 0.2) is 0 Å². The van der Waals surface area contributed by atoms with Gasteiger partial charge >= 0.3 is 0 Å². The fourth-order valence-electron chi connectivity index (χ4n) is 4.83. The first-order valence-electron chi connectivity index (χ1n) is 9.06. The Labute approximate surface area is 128 Å². The minimum Gasteiger partial charge on any atom is -0.321 e. The van der Waals surface area contributed by atoms with Crippen molar-refractivity contribution in [3.63, 3.8) is 0 Å². The maximum atomic E-state index is 13.0. The second kappa shape index (κ2) is 5.24. The largest absolute Gasteiger partial charge is 0.321 e. The van der Waals surface area contributed by atoms with Crippen molar-refractivity contribution < 1.29 is 4.79 Å². The van der Waals surface area contributed by atoms with Gasteiger partial charge in [0.25, 0.3) is 0 Å². The number of likely N-dealkylation sites (tertiary alicyclic amines) is 1. The molecule has 0 aromatic carbocycles. The van der Waals surface area contributed by atoms with Crippen molar-refractivity contribution in [2.45, 2.75) is 76.0 Å². The first-order valence-corrected chi connectivity index (χ1v) is 9.06. The first-order chi connectivity index (χ1) is 10.2. The summed E-state index contributed by atoms with van der Waals surface area (Å²) in [6, 6.07) is 0.448. The lowest BCUT2D eigenvalue weighted by Crippen LogP contribution is -2.54. The number of amides is 1. The number of piperidine rings is 1. The normalized spacial score (nSPS) is 36.8. The highest BCUT2D eigenvalue weighted by Gasteiger charge is 2.61. The van der Waals surface area contributed by atoms with Crippen LogP contribution in [0, 0.1) is 5.92 Å². The van der Waals surface area contributed by atoms with Crippen molar-refractivity contribution in [1.29, 1.82) is 0 Å². The molecule has 2 atom stereocenters. The lowest BCUT2D eigenvalue weighted by molar-refractivity contribution is -0.135. The fourth-order valence-corrected chi connectivity index (χ4v) is 4.83. The van der Waals surface area contributed by atoms with Crippen LogP contribution in [0.5, 0.6) is 0 Å². The predicted molar refractivity (Wildman–Crippen MR) is 82.8 cm³/mol. The smallest absolute Gasteiger partial charge is 0.244 e. The summed E-state index contributed by atoms with van der Waals surface area (Å²) in [6.45, 7) is 5.65. The van der Waals surface area contributed by atoms with Gasteiger partial charge in [0.2, 0.25) is 5.91 Å². The summed E-state index contributed by atoms with van der Waals surface area (Å²) in [4.78, 5) is 17.8. The van der Waals surface area contributed by atoms with E-state index in [1.807, 2.05) is 0 Å². The average Bonchev–Trinajstić information content (AvgIpc) is 2.97. The Bertz CT molecular complexity index is 414. The van der Waals surface area contributed by atoms with Crippen molar-refractivity contribution in [2.24, 2.45) is 5.92 Å². The number of nitrogens with zero attached hydrogens (tertiary/aromatic N) is 2. The molecule has 4 fully saturated rings. The van der Waals surface area contributed by atoms with Gasteiger partial charge in [-0.15, -0.1) is 0 Å². The molecule has 118 valence electrons. The quantitative estimate of drug-likeness (QED) is 0.863. The topological polar surface area (TPSA) is 35.6 Å². The molecule has 4 rings (SSSR count). The van der Waals surface area contributed by atoms with Gasteiger partial charge in [-0.05, 0) is 57.5 Å². The molecule has 4 heteroatoms. The minimum absolute atomic E-state index is 0.137. The molecular weight excluding hydrogens is 262 g/mol. The van der Waals surface area contributed by atoms with E-state index in [4.69, 9.17) is 0 Å². The van der Waals surface area contributed by atoms with E-state index in [0.29, 0.717) is 24.0 Å². The summed E-state index contributed by atoms with van der Waals surface area (Å²) in [6.07, 6.45) is 10.2. The molecule has 4 nitrogen and oxygen atoms in total. The number of hydrogen-bond acceptors (Lipinski definition) is 3. The van der Waals surface area contributed by atoms with Crippen LogP contribution in [0.4, 0.5) is 0 Å². The summed E-state index contributed by atoms with van der Waals surface area (Å²) >= 11 is 0. The monoisotopic (exact) mass is 291 g/mol. The molecule has 0 bridgehead atoms. The Morgan fingerprint density at radius 2 is 1.95 bits per heavy atom. The third-order valence-electron chi connectivity index (χ3n) is 6.29. The Morgan fingerprint density at radius 3 is 2.62 bits per heavy atom. The molecule has 0 aromatic heterocycles. The molecule has 2 saturated carbocycles. The summed E-state index contributed by atoms with van der Waals surface area (Å²) in [7, 11) is 0. The van der Waals surface area contributed by atoms with Crippen molar-refractivity contribution >= 4 is 5.91 Å². The molecule has 1 amide bonds. The van der Waals surface area contributed by atoms with Crippen molar-refractivity contribution in [3.8, 4) is 0 Å². The van der Waals surface area contributed by atoms with E-state index in [9.17, 15) is 4.79 Å². The van der Waals surface area contributed by atoms with E-state index in [-0.39, 0.29) is 5.54 Å². The second-order valence-corrected chi connectivity index (χ2v) is 7.62. The molecule has 2 unspecified atom stereocenters. The van der Waals surface area contributed by atoms with Crippen LogP contribution < -0.4 is 5.32 Å². The van der Waals surface area contributed by atoms with E-state index >= 15 is 0 Å². The van der Waals surface area contributed by atoms with Crippen LogP contribution >= 0.6 is 0 Å². The lowest BCUT2D eigenvalue weighted by Gasteiger charge is -2.41. The standard InChI is InChI=1S/C17H29N3O/c1-2-19-11-5-8-14(12-19)20-15(13-6-3-4-7-13)18-17(9-10-17)16(20)21/h13-15,18H,2-12H2,1H3. The van der Waals surface area contributed by atoms with Crippen LogP contribution in [0.2, 0.25) is 0 Å². The van der Waals surface area contributed by atoms with Gasteiger partial charge < -0.3 is 9.80 Å². The number of likely N-dealkylation sites (N-methyl/N-ethyl adjacent to an activating group) is 1. The number of hydrogen-bond donors (Lipinski definition) is 1. The van der Waals surface area contributed by atoms with Crippen LogP contribution in [0.1, 0.15) is 58.3 Å². The zero-order valence-corrected chi connectivity index (χ0v) is 13.3. The van der Waals surface area contributed by atoms with E-state index in [0.717, 1.165) is 25.9 Å². The van der Waals surface area contributed by atoms with Crippen LogP contribution in [0.15, 0.2) is 0 Å². The third kappa shape index (κ3) is 2.31. The summed E-state index contributed by atoms with van der Waals surface area (Å²) < 4.78 is 0. The molecule has 2 aliphatic heterocycles. The highest BCUT2D eigenvalue weighted by atomic mass is 16.2. The number of nitrogens with one attached hydrogen (secondary N) is 1. The van der Waals surface area contributed by atoms with Crippen LogP contribution in [-0.4, -0.2) is 53.1 Å². The van der Waals surface area contributed by atoms with Gasteiger partial charge in [-0.3, -0.25) is 10.1 Å². The Balaban J connectivity index is 1.55.